The van der Waals surface area contributed by atoms with Crippen LogP contribution in [0.4, 0.5) is 0 Å². The second-order valence-electron chi connectivity index (χ2n) is 1.87. The molecule has 0 heterocycles. The van der Waals surface area contributed by atoms with Crippen molar-refractivity contribution in [3.63, 3.8) is 0 Å². The molecule has 0 amide bonds. The van der Waals surface area contributed by atoms with Crippen molar-refractivity contribution in [2.75, 3.05) is 13.6 Å². The number of rotatable bonds is 3. The number of hydrogen-bond donors (Lipinski definition) is 3. The summed E-state index contributed by atoms with van der Waals surface area (Å²) in [6, 6.07) is 0. The lowest BCUT2D eigenvalue weighted by Gasteiger charge is -2.18. The van der Waals surface area contributed by atoms with Crippen molar-refractivity contribution in [1.29, 1.82) is 0 Å². The van der Waals surface area contributed by atoms with Crippen molar-refractivity contribution in [3.05, 3.63) is 0 Å². The molecule has 0 aliphatic heterocycles. The molecule has 0 unspecified atom stereocenters. The lowest BCUT2D eigenvalue weighted by Crippen LogP contribution is -2.38. The van der Waals surface area contributed by atoms with Gasteiger partial charge in [0.05, 0.1) is 0 Å². The van der Waals surface area contributed by atoms with Crippen LogP contribution in [-0.4, -0.2) is 29.6 Å². The molecular formula is C5H13NO2. The van der Waals surface area contributed by atoms with Crippen molar-refractivity contribution in [3.8, 4) is 0 Å². The van der Waals surface area contributed by atoms with E-state index in [0.29, 0.717) is 6.42 Å². The minimum atomic E-state index is -1.52. The molecule has 0 saturated carbocycles. The molecule has 8 heavy (non-hydrogen) atoms. The first kappa shape index (κ1) is 7.88. The maximum Gasteiger partial charge on any atom is 0.175 e. The molecule has 3 nitrogen and oxygen atoms in total. The highest BCUT2D eigenvalue weighted by Crippen LogP contribution is 2.00. The number of aliphatic hydroxyl groups is 2. The van der Waals surface area contributed by atoms with E-state index in [1.807, 2.05) is 0 Å². The molecule has 0 aromatic heterocycles. The van der Waals surface area contributed by atoms with Crippen molar-refractivity contribution >= 4 is 0 Å². The van der Waals surface area contributed by atoms with Gasteiger partial charge in [-0.2, -0.15) is 0 Å². The number of likely N-dealkylation sites (N-methyl/N-ethyl adjacent to an activating group) is 1. The summed E-state index contributed by atoms with van der Waals surface area (Å²) in [7, 11) is 1.68. The molecule has 3 heteroatoms. The monoisotopic (exact) mass is 119 g/mol. The van der Waals surface area contributed by atoms with Crippen LogP contribution in [0.15, 0.2) is 0 Å². The molecule has 0 rings (SSSR count). The predicted octanol–water partition coefficient (Wildman–Crippen LogP) is -0.703. The normalized spacial score (nSPS) is 12.0. The summed E-state index contributed by atoms with van der Waals surface area (Å²) in [6.07, 6.45) is 0.355. The Morgan fingerprint density at radius 1 is 1.50 bits per heavy atom. The first-order chi connectivity index (χ1) is 3.62. The molecule has 0 aromatic rings. The van der Waals surface area contributed by atoms with Gasteiger partial charge in [0.15, 0.2) is 5.79 Å². The van der Waals surface area contributed by atoms with Gasteiger partial charge in [0, 0.05) is 6.54 Å². The first-order valence-electron chi connectivity index (χ1n) is 2.71. The summed E-state index contributed by atoms with van der Waals surface area (Å²) >= 11 is 0. The van der Waals surface area contributed by atoms with E-state index in [1.165, 1.54) is 0 Å². The Morgan fingerprint density at radius 2 is 2.00 bits per heavy atom. The molecule has 0 aliphatic carbocycles. The molecule has 0 aliphatic rings. The first-order valence-corrected chi connectivity index (χ1v) is 2.71. The largest absolute Gasteiger partial charge is 0.365 e. The zero-order chi connectivity index (χ0) is 6.62. The average molecular weight is 119 g/mol. The minimum Gasteiger partial charge on any atom is -0.365 e. The van der Waals surface area contributed by atoms with Gasteiger partial charge in [-0.15, -0.1) is 0 Å². The smallest absolute Gasteiger partial charge is 0.175 e. The number of hydrogen-bond acceptors (Lipinski definition) is 3. The topological polar surface area (TPSA) is 52.5 Å². The highest BCUT2D eigenvalue weighted by Gasteiger charge is 2.17. The van der Waals surface area contributed by atoms with Gasteiger partial charge >= 0.3 is 0 Å². The highest BCUT2D eigenvalue weighted by molar-refractivity contribution is 4.62. The summed E-state index contributed by atoms with van der Waals surface area (Å²) in [5.41, 5.74) is 0. The van der Waals surface area contributed by atoms with Gasteiger partial charge in [-0.3, -0.25) is 0 Å². The van der Waals surface area contributed by atoms with Gasteiger partial charge in [0.1, 0.15) is 0 Å². The summed E-state index contributed by atoms with van der Waals surface area (Å²) in [5, 5.41) is 20.3. The van der Waals surface area contributed by atoms with Crippen LogP contribution in [0.5, 0.6) is 0 Å². The predicted molar refractivity (Wildman–Crippen MR) is 31.4 cm³/mol. The van der Waals surface area contributed by atoms with E-state index in [0.717, 1.165) is 0 Å². The van der Waals surface area contributed by atoms with Crippen molar-refractivity contribution in [2.45, 2.75) is 19.1 Å². The van der Waals surface area contributed by atoms with E-state index >= 15 is 0 Å². The Kier molecular flexibility index (Phi) is 2.97. The van der Waals surface area contributed by atoms with Crippen LogP contribution in [0.2, 0.25) is 0 Å². The maximum absolute atomic E-state index is 8.82. The lowest BCUT2D eigenvalue weighted by atomic mass is 10.2. The third kappa shape index (κ3) is 2.96. The molecule has 50 valence electrons. The van der Waals surface area contributed by atoms with Gasteiger partial charge in [0.25, 0.3) is 0 Å². The van der Waals surface area contributed by atoms with Crippen LogP contribution in [0.3, 0.4) is 0 Å². The van der Waals surface area contributed by atoms with E-state index in [2.05, 4.69) is 5.32 Å². The molecule has 0 spiro atoms. The Labute approximate surface area is 49.3 Å². The Balaban J connectivity index is 3.37. The standard InChI is InChI=1S/C5H13NO2/c1-3-5(7,8)4-6-2/h6-8H,3-4H2,1-2H3. The molecule has 3 N–H and O–H groups in total. The Bertz CT molecular complexity index is 63.4. The average Bonchev–Trinajstić information content (AvgIpc) is 1.67. The Morgan fingerprint density at radius 3 is 2.12 bits per heavy atom. The summed E-state index contributed by atoms with van der Waals surface area (Å²) in [4.78, 5) is 0. The summed E-state index contributed by atoms with van der Waals surface area (Å²) in [6.45, 7) is 1.95. The van der Waals surface area contributed by atoms with Crippen LogP contribution >= 0.6 is 0 Å². The fraction of sp³-hybridized carbons (Fsp3) is 1.00. The van der Waals surface area contributed by atoms with E-state index in [9.17, 15) is 0 Å². The maximum atomic E-state index is 8.82. The van der Waals surface area contributed by atoms with Crippen LogP contribution in [0, 0.1) is 0 Å². The zero-order valence-electron chi connectivity index (χ0n) is 5.31. The molecule has 0 saturated heterocycles. The molecule has 0 bridgehead atoms. The van der Waals surface area contributed by atoms with E-state index in [1.54, 1.807) is 14.0 Å². The van der Waals surface area contributed by atoms with E-state index in [4.69, 9.17) is 10.2 Å². The van der Waals surface area contributed by atoms with Gasteiger partial charge in [-0.25, -0.2) is 0 Å². The SMILES string of the molecule is CCC(O)(O)CNC. The van der Waals surface area contributed by atoms with Gasteiger partial charge in [-0.1, -0.05) is 6.92 Å². The third-order valence-electron chi connectivity index (χ3n) is 1.03. The van der Waals surface area contributed by atoms with Crippen LogP contribution in [-0.2, 0) is 0 Å². The fourth-order valence-corrected chi connectivity index (χ4v) is 0.408. The lowest BCUT2D eigenvalue weighted by molar-refractivity contribution is -0.157. The molecular weight excluding hydrogens is 106 g/mol. The molecule has 0 fully saturated rings. The van der Waals surface area contributed by atoms with E-state index in [-0.39, 0.29) is 6.54 Å². The summed E-state index contributed by atoms with van der Waals surface area (Å²) in [5.74, 6) is -1.52. The molecule has 0 atom stereocenters. The second kappa shape index (κ2) is 3.02. The van der Waals surface area contributed by atoms with Crippen molar-refractivity contribution in [1.82, 2.24) is 5.32 Å². The minimum absolute atomic E-state index is 0.226. The van der Waals surface area contributed by atoms with Crippen LogP contribution < -0.4 is 5.32 Å². The van der Waals surface area contributed by atoms with E-state index < -0.39 is 5.79 Å². The number of nitrogens with one attached hydrogen (secondary N) is 1. The van der Waals surface area contributed by atoms with Crippen molar-refractivity contribution in [2.24, 2.45) is 0 Å². The molecule has 0 radical (unpaired) electrons. The zero-order valence-corrected chi connectivity index (χ0v) is 5.31. The Hall–Kier alpha value is -0.120. The third-order valence-corrected chi connectivity index (χ3v) is 1.03. The van der Waals surface area contributed by atoms with Gasteiger partial charge in [-0.05, 0) is 13.5 Å². The van der Waals surface area contributed by atoms with Crippen molar-refractivity contribution < 1.29 is 10.2 Å². The van der Waals surface area contributed by atoms with Gasteiger partial charge < -0.3 is 15.5 Å². The summed E-state index contributed by atoms with van der Waals surface area (Å²) < 4.78 is 0. The highest BCUT2D eigenvalue weighted by atomic mass is 16.5. The van der Waals surface area contributed by atoms with Gasteiger partial charge in [0.2, 0.25) is 0 Å². The second-order valence-corrected chi connectivity index (χ2v) is 1.87. The van der Waals surface area contributed by atoms with Crippen LogP contribution in [0.1, 0.15) is 13.3 Å². The van der Waals surface area contributed by atoms with Crippen LogP contribution in [0.25, 0.3) is 0 Å². The fourth-order valence-electron chi connectivity index (χ4n) is 0.408. The molecule has 0 aromatic carbocycles. The quantitative estimate of drug-likeness (QED) is 0.430.